The van der Waals surface area contributed by atoms with E-state index in [1.807, 2.05) is 12.1 Å². The third-order valence-corrected chi connectivity index (χ3v) is 4.12. The average Bonchev–Trinajstić information content (AvgIpc) is 2.91. The van der Waals surface area contributed by atoms with Crippen molar-refractivity contribution in [3.63, 3.8) is 0 Å². The zero-order valence-corrected chi connectivity index (χ0v) is 9.14. The summed E-state index contributed by atoms with van der Waals surface area (Å²) in [6.07, 6.45) is 3.75. The molecular formula is C15H10O2. The van der Waals surface area contributed by atoms with E-state index in [1.54, 1.807) is 0 Å². The van der Waals surface area contributed by atoms with Crippen molar-refractivity contribution in [1.82, 2.24) is 0 Å². The van der Waals surface area contributed by atoms with Gasteiger partial charge in [-0.3, -0.25) is 9.59 Å². The Labute approximate surface area is 98.6 Å². The Morgan fingerprint density at radius 1 is 0.824 bits per heavy atom. The van der Waals surface area contributed by atoms with E-state index in [0.29, 0.717) is 0 Å². The first-order valence-corrected chi connectivity index (χ1v) is 5.87. The fourth-order valence-electron chi connectivity index (χ4n) is 3.50. The molecule has 0 radical (unpaired) electrons. The number of carbonyl (C=O) groups excluding carboxylic acids is 2. The van der Waals surface area contributed by atoms with Gasteiger partial charge in [0.2, 0.25) is 0 Å². The molecule has 3 aliphatic carbocycles. The second kappa shape index (κ2) is 2.83. The molecule has 2 nitrogen and oxygen atoms in total. The monoisotopic (exact) mass is 222 g/mol. The van der Waals surface area contributed by atoms with Gasteiger partial charge < -0.3 is 0 Å². The minimum absolute atomic E-state index is 0.0293. The first-order valence-electron chi connectivity index (χ1n) is 5.87. The van der Waals surface area contributed by atoms with Gasteiger partial charge in [0.25, 0.3) is 0 Å². The molecule has 0 unspecified atom stereocenters. The zero-order valence-electron chi connectivity index (χ0n) is 9.14. The van der Waals surface area contributed by atoms with Crippen LogP contribution < -0.4 is 0 Å². The Morgan fingerprint density at radius 2 is 1.29 bits per heavy atom. The van der Waals surface area contributed by atoms with Crippen LogP contribution in [-0.4, -0.2) is 11.6 Å². The van der Waals surface area contributed by atoms with Crippen LogP contribution in [0.1, 0.15) is 29.4 Å². The number of hydrogen-bond acceptors (Lipinski definition) is 2. The molecular weight excluding hydrogens is 212 g/mol. The molecule has 0 aliphatic heterocycles. The molecule has 0 N–H and O–H groups in total. The standard InChI is InChI=1S/C15H10O2/c16-12-5-6-13(17)15-11-7-10(14(12)15)8-3-1-2-4-9(8)11/h1-6,10-11H,7H2/t10-,11+. The van der Waals surface area contributed by atoms with Gasteiger partial charge >= 0.3 is 0 Å². The van der Waals surface area contributed by atoms with Gasteiger partial charge in [0, 0.05) is 23.0 Å². The lowest BCUT2D eigenvalue weighted by Crippen LogP contribution is -2.19. The van der Waals surface area contributed by atoms with Gasteiger partial charge in [-0.15, -0.1) is 0 Å². The summed E-state index contributed by atoms with van der Waals surface area (Å²) in [5.41, 5.74) is 4.02. The smallest absolute Gasteiger partial charge is 0.183 e. The van der Waals surface area contributed by atoms with E-state index in [1.165, 1.54) is 23.3 Å². The van der Waals surface area contributed by atoms with Crippen LogP contribution in [0, 0.1) is 0 Å². The first kappa shape index (κ1) is 9.11. The van der Waals surface area contributed by atoms with E-state index in [2.05, 4.69) is 12.1 Å². The van der Waals surface area contributed by atoms with Crippen LogP contribution in [0.5, 0.6) is 0 Å². The summed E-state index contributed by atoms with van der Waals surface area (Å²) in [6.45, 7) is 0. The Kier molecular flexibility index (Phi) is 1.52. The van der Waals surface area contributed by atoms with Gasteiger partial charge in [0.1, 0.15) is 0 Å². The van der Waals surface area contributed by atoms with Gasteiger partial charge in [-0.25, -0.2) is 0 Å². The minimum atomic E-state index is 0.0293. The maximum atomic E-state index is 11.9. The van der Waals surface area contributed by atoms with Crippen molar-refractivity contribution in [1.29, 1.82) is 0 Å². The molecule has 1 aromatic carbocycles. The second-order valence-electron chi connectivity index (χ2n) is 4.86. The molecule has 0 fully saturated rings. The van der Waals surface area contributed by atoms with Gasteiger partial charge in [-0.05, 0) is 29.7 Å². The predicted molar refractivity (Wildman–Crippen MR) is 62.7 cm³/mol. The highest BCUT2D eigenvalue weighted by Crippen LogP contribution is 2.57. The average molecular weight is 222 g/mol. The summed E-state index contributed by atoms with van der Waals surface area (Å²) in [7, 11) is 0. The van der Waals surface area contributed by atoms with Crippen LogP contribution >= 0.6 is 0 Å². The quantitative estimate of drug-likeness (QED) is 0.631. The molecule has 82 valence electrons. The van der Waals surface area contributed by atoms with Crippen LogP contribution in [0.25, 0.3) is 0 Å². The summed E-state index contributed by atoms with van der Waals surface area (Å²) in [5, 5.41) is 0. The van der Waals surface area contributed by atoms with Crippen molar-refractivity contribution in [2.75, 3.05) is 0 Å². The van der Waals surface area contributed by atoms with E-state index in [0.717, 1.165) is 17.6 Å². The van der Waals surface area contributed by atoms with E-state index in [-0.39, 0.29) is 23.4 Å². The summed E-state index contributed by atoms with van der Waals surface area (Å²) in [6, 6.07) is 8.18. The molecule has 4 rings (SSSR count). The summed E-state index contributed by atoms with van der Waals surface area (Å²) in [5.74, 6) is 0.378. The van der Waals surface area contributed by atoms with Crippen molar-refractivity contribution < 1.29 is 9.59 Å². The Morgan fingerprint density at radius 3 is 1.76 bits per heavy atom. The number of fused-ring (bicyclic) bond motifs is 7. The lowest BCUT2D eigenvalue weighted by molar-refractivity contribution is -0.115. The topological polar surface area (TPSA) is 34.1 Å². The van der Waals surface area contributed by atoms with Crippen molar-refractivity contribution in [2.45, 2.75) is 18.3 Å². The van der Waals surface area contributed by atoms with Crippen LogP contribution in [0.15, 0.2) is 47.6 Å². The normalized spacial score (nSPS) is 28.7. The van der Waals surface area contributed by atoms with Crippen LogP contribution in [0.3, 0.4) is 0 Å². The Hall–Kier alpha value is -1.96. The highest BCUT2D eigenvalue weighted by atomic mass is 16.1. The Bertz CT molecular complexity index is 581. The molecule has 0 aromatic heterocycles. The van der Waals surface area contributed by atoms with E-state index in [9.17, 15) is 9.59 Å². The highest BCUT2D eigenvalue weighted by Gasteiger charge is 2.47. The molecule has 3 aliphatic rings. The van der Waals surface area contributed by atoms with Gasteiger partial charge in [-0.1, -0.05) is 24.3 Å². The summed E-state index contributed by atoms with van der Waals surface area (Å²) in [4.78, 5) is 23.8. The largest absolute Gasteiger partial charge is 0.290 e. The van der Waals surface area contributed by atoms with Gasteiger partial charge in [0.15, 0.2) is 11.6 Å². The summed E-state index contributed by atoms with van der Waals surface area (Å²) >= 11 is 0. The highest BCUT2D eigenvalue weighted by molar-refractivity contribution is 6.22. The number of hydrogen-bond donors (Lipinski definition) is 0. The molecule has 0 saturated heterocycles. The number of carbonyl (C=O) groups is 2. The third-order valence-electron chi connectivity index (χ3n) is 4.12. The van der Waals surface area contributed by atoms with Crippen molar-refractivity contribution in [2.24, 2.45) is 0 Å². The molecule has 2 heteroatoms. The molecule has 0 saturated carbocycles. The lowest BCUT2D eigenvalue weighted by Gasteiger charge is -2.21. The maximum Gasteiger partial charge on any atom is 0.183 e. The molecule has 0 spiro atoms. The van der Waals surface area contributed by atoms with Crippen LogP contribution in [0.4, 0.5) is 0 Å². The lowest BCUT2D eigenvalue weighted by atomic mass is 9.80. The number of ketones is 2. The molecule has 0 heterocycles. The molecule has 1 aromatic rings. The number of benzene rings is 1. The second-order valence-corrected chi connectivity index (χ2v) is 4.86. The molecule has 0 amide bonds. The fraction of sp³-hybridized carbons (Fsp3) is 0.200. The van der Waals surface area contributed by atoms with E-state index < -0.39 is 0 Å². The first-order chi connectivity index (χ1) is 8.27. The van der Waals surface area contributed by atoms with Crippen molar-refractivity contribution >= 4 is 11.6 Å². The molecule has 2 atom stereocenters. The number of allylic oxidation sites excluding steroid dienone is 4. The van der Waals surface area contributed by atoms with E-state index >= 15 is 0 Å². The van der Waals surface area contributed by atoms with Crippen molar-refractivity contribution in [3.8, 4) is 0 Å². The fourth-order valence-corrected chi connectivity index (χ4v) is 3.50. The Balaban J connectivity index is 1.98. The molecule has 2 bridgehead atoms. The van der Waals surface area contributed by atoms with Crippen LogP contribution in [0.2, 0.25) is 0 Å². The predicted octanol–water partition coefficient (Wildman–Crippen LogP) is 2.28. The van der Waals surface area contributed by atoms with Gasteiger partial charge in [-0.2, -0.15) is 0 Å². The van der Waals surface area contributed by atoms with Gasteiger partial charge in [0.05, 0.1) is 0 Å². The zero-order chi connectivity index (χ0) is 11.6. The van der Waals surface area contributed by atoms with Crippen LogP contribution in [-0.2, 0) is 9.59 Å². The third kappa shape index (κ3) is 0.960. The molecule has 17 heavy (non-hydrogen) atoms. The minimum Gasteiger partial charge on any atom is -0.290 e. The van der Waals surface area contributed by atoms with E-state index in [4.69, 9.17) is 0 Å². The van der Waals surface area contributed by atoms with Crippen molar-refractivity contribution in [3.05, 3.63) is 58.7 Å². The SMILES string of the molecule is O=C1C=CC(=O)C2=C1[C@H]1C[C@@H]2c2ccccc21. The summed E-state index contributed by atoms with van der Waals surface area (Å²) < 4.78 is 0. The number of rotatable bonds is 0. The maximum absolute atomic E-state index is 11.9.